The molecule has 0 aliphatic carbocycles. The first kappa shape index (κ1) is 17.9. The molecule has 2 amide bonds. The Kier molecular flexibility index (Phi) is 4.61. The summed E-state index contributed by atoms with van der Waals surface area (Å²) in [6, 6.07) is 17.9. The first-order valence-electron chi connectivity index (χ1n) is 9.12. The van der Waals surface area contributed by atoms with Crippen LogP contribution in [-0.2, 0) is 9.59 Å². The molecule has 3 aromatic rings. The second kappa shape index (κ2) is 7.23. The number of rotatable bonds is 4. The second-order valence-electron chi connectivity index (χ2n) is 6.69. The Hall–Kier alpha value is -3.54. The highest BCUT2D eigenvalue weighted by Crippen LogP contribution is 2.34. The van der Waals surface area contributed by atoms with Crippen LogP contribution in [0.25, 0.3) is 10.8 Å². The van der Waals surface area contributed by atoms with Gasteiger partial charge in [-0.1, -0.05) is 36.4 Å². The summed E-state index contributed by atoms with van der Waals surface area (Å²) in [5.41, 5.74) is 1.30. The molecule has 0 saturated carbocycles. The fourth-order valence-electron chi connectivity index (χ4n) is 3.42. The van der Waals surface area contributed by atoms with Gasteiger partial charge >= 0.3 is 0 Å². The highest BCUT2D eigenvalue weighted by Gasteiger charge is 2.31. The number of benzene rings is 3. The molecule has 6 heteroatoms. The molecule has 142 valence electrons. The van der Waals surface area contributed by atoms with Crippen molar-refractivity contribution < 1.29 is 19.4 Å². The largest absolute Gasteiger partial charge is 0.507 e. The van der Waals surface area contributed by atoms with Crippen molar-refractivity contribution in [3.8, 4) is 11.5 Å². The van der Waals surface area contributed by atoms with Crippen molar-refractivity contribution in [2.75, 3.05) is 16.8 Å². The SMILES string of the molecule is CC1Oc2ccccc2N(CCC(=O)Nc2cccc3c(O)cccc23)C1=O. The summed E-state index contributed by atoms with van der Waals surface area (Å²) in [5, 5.41) is 14.3. The minimum atomic E-state index is -0.584. The minimum Gasteiger partial charge on any atom is -0.507 e. The molecule has 0 saturated heterocycles. The zero-order valence-corrected chi connectivity index (χ0v) is 15.4. The number of aromatic hydroxyl groups is 1. The van der Waals surface area contributed by atoms with E-state index in [9.17, 15) is 14.7 Å². The number of ether oxygens (including phenoxy) is 1. The number of phenols is 1. The Balaban J connectivity index is 1.50. The standard InChI is InChI=1S/C22H20N2O4/c1-14-22(27)24(18-9-2-3-11-20(18)28-14)13-12-21(26)23-17-8-4-7-16-15(17)6-5-10-19(16)25/h2-11,14,25H,12-13H2,1H3,(H,23,26). The molecule has 1 atom stereocenters. The maximum Gasteiger partial charge on any atom is 0.267 e. The number of anilines is 2. The van der Waals surface area contributed by atoms with Crippen LogP contribution in [-0.4, -0.2) is 29.6 Å². The summed E-state index contributed by atoms with van der Waals surface area (Å²) in [7, 11) is 0. The van der Waals surface area contributed by atoms with E-state index in [1.54, 1.807) is 42.2 Å². The fraction of sp³-hybridized carbons (Fsp3) is 0.182. The van der Waals surface area contributed by atoms with Crippen LogP contribution in [0.2, 0.25) is 0 Å². The van der Waals surface area contributed by atoms with Gasteiger partial charge in [0.25, 0.3) is 5.91 Å². The van der Waals surface area contributed by atoms with Gasteiger partial charge in [0.15, 0.2) is 6.10 Å². The molecule has 4 rings (SSSR count). The molecule has 0 fully saturated rings. The summed E-state index contributed by atoms with van der Waals surface area (Å²) in [5.74, 6) is 0.430. The number of nitrogens with zero attached hydrogens (tertiary/aromatic N) is 1. The number of phenolic OH excluding ortho intramolecular Hbond substituents is 1. The molecule has 0 aromatic heterocycles. The molecule has 0 bridgehead atoms. The normalized spacial score (nSPS) is 15.8. The first-order valence-corrected chi connectivity index (χ1v) is 9.12. The molecule has 0 spiro atoms. The van der Waals surface area contributed by atoms with Gasteiger partial charge in [-0.2, -0.15) is 0 Å². The number of hydrogen-bond acceptors (Lipinski definition) is 4. The van der Waals surface area contributed by atoms with Crippen LogP contribution < -0.4 is 15.0 Å². The summed E-state index contributed by atoms with van der Waals surface area (Å²) >= 11 is 0. The minimum absolute atomic E-state index is 0.141. The average molecular weight is 376 g/mol. The second-order valence-corrected chi connectivity index (χ2v) is 6.69. The summed E-state index contributed by atoms with van der Waals surface area (Å²) in [6.45, 7) is 1.96. The monoisotopic (exact) mass is 376 g/mol. The summed E-state index contributed by atoms with van der Waals surface area (Å²) in [4.78, 5) is 26.6. The van der Waals surface area contributed by atoms with E-state index in [4.69, 9.17) is 4.74 Å². The smallest absolute Gasteiger partial charge is 0.267 e. The predicted molar refractivity (Wildman–Crippen MR) is 108 cm³/mol. The van der Waals surface area contributed by atoms with Crippen LogP contribution in [0.15, 0.2) is 60.7 Å². The zero-order valence-electron chi connectivity index (χ0n) is 15.4. The van der Waals surface area contributed by atoms with E-state index in [1.165, 1.54) is 0 Å². The van der Waals surface area contributed by atoms with E-state index in [2.05, 4.69) is 5.32 Å². The molecule has 1 aliphatic heterocycles. The fourth-order valence-corrected chi connectivity index (χ4v) is 3.42. The molecule has 3 aromatic carbocycles. The van der Waals surface area contributed by atoms with Gasteiger partial charge in [-0.25, -0.2) is 0 Å². The van der Waals surface area contributed by atoms with Gasteiger partial charge in [0.05, 0.1) is 5.69 Å². The Labute approximate surface area is 162 Å². The van der Waals surface area contributed by atoms with E-state index in [0.29, 0.717) is 22.5 Å². The van der Waals surface area contributed by atoms with Gasteiger partial charge in [-0.15, -0.1) is 0 Å². The Morgan fingerprint density at radius 2 is 1.82 bits per heavy atom. The highest BCUT2D eigenvalue weighted by atomic mass is 16.5. The number of para-hydroxylation sites is 2. The molecular formula is C22H20N2O4. The van der Waals surface area contributed by atoms with Crippen molar-refractivity contribution in [3.63, 3.8) is 0 Å². The van der Waals surface area contributed by atoms with Gasteiger partial charge in [-0.3, -0.25) is 9.59 Å². The molecule has 1 unspecified atom stereocenters. The van der Waals surface area contributed by atoms with Crippen LogP contribution >= 0.6 is 0 Å². The lowest BCUT2D eigenvalue weighted by Crippen LogP contribution is -2.45. The van der Waals surface area contributed by atoms with Crippen molar-refractivity contribution in [3.05, 3.63) is 60.7 Å². The van der Waals surface area contributed by atoms with E-state index in [1.807, 2.05) is 30.3 Å². The number of fused-ring (bicyclic) bond motifs is 2. The molecular weight excluding hydrogens is 356 g/mol. The van der Waals surface area contributed by atoms with Gasteiger partial charge in [-0.05, 0) is 31.2 Å². The molecule has 1 aliphatic rings. The number of nitrogens with one attached hydrogen (secondary N) is 1. The van der Waals surface area contributed by atoms with Crippen molar-refractivity contribution >= 4 is 34.0 Å². The maximum atomic E-state index is 12.5. The molecule has 0 radical (unpaired) electrons. The zero-order chi connectivity index (χ0) is 19.7. The number of amides is 2. The quantitative estimate of drug-likeness (QED) is 0.728. The van der Waals surface area contributed by atoms with Gasteiger partial charge in [0.1, 0.15) is 11.5 Å². The van der Waals surface area contributed by atoms with Crippen molar-refractivity contribution in [2.45, 2.75) is 19.4 Å². The third-order valence-electron chi connectivity index (χ3n) is 4.81. The Morgan fingerprint density at radius 1 is 1.07 bits per heavy atom. The lowest BCUT2D eigenvalue weighted by molar-refractivity contribution is -0.125. The van der Waals surface area contributed by atoms with E-state index < -0.39 is 6.10 Å². The van der Waals surface area contributed by atoms with Crippen molar-refractivity contribution in [1.82, 2.24) is 0 Å². The topological polar surface area (TPSA) is 78.9 Å². The van der Waals surface area contributed by atoms with E-state index in [0.717, 1.165) is 5.39 Å². The van der Waals surface area contributed by atoms with Crippen LogP contribution in [0.3, 0.4) is 0 Å². The average Bonchev–Trinajstić information content (AvgIpc) is 2.69. The first-order chi connectivity index (χ1) is 13.5. The number of hydrogen-bond donors (Lipinski definition) is 2. The summed E-state index contributed by atoms with van der Waals surface area (Å²) in [6.07, 6.45) is -0.443. The molecule has 2 N–H and O–H groups in total. The number of carbonyl (C=O) groups is 2. The highest BCUT2D eigenvalue weighted by molar-refractivity contribution is 6.05. The Bertz CT molecular complexity index is 1060. The van der Waals surface area contributed by atoms with E-state index >= 15 is 0 Å². The van der Waals surface area contributed by atoms with E-state index in [-0.39, 0.29) is 30.5 Å². The molecule has 6 nitrogen and oxygen atoms in total. The summed E-state index contributed by atoms with van der Waals surface area (Å²) < 4.78 is 5.62. The van der Waals surface area contributed by atoms with Gasteiger partial charge in [0.2, 0.25) is 5.91 Å². The lowest BCUT2D eigenvalue weighted by Gasteiger charge is -2.32. The van der Waals surface area contributed by atoms with Crippen molar-refractivity contribution in [2.24, 2.45) is 0 Å². The van der Waals surface area contributed by atoms with Crippen LogP contribution in [0.5, 0.6) is 11.5 Å². The maximum absolute atomic E-state index is 12.5. The van der Waals surface area contributed by atoms with Crippen LogP contribution in [0, 0.1) is 0 Å². The Morgan fingerprint density at radius 3 is 2.68 bits per heavy atom. The van der Waals surface area contributed by atoms with Crippen molar-refractivity contribution in [1.29, 1.82) is 0 Å². The van der Waals surface area contributed by atoms with Crippen LogP contribution in [0.4, 0.5) is 11.4 Å². The number of carbonyl (C=O) groups excluding carboxylic acids is 2. The third kappa shape index (κ3) is 3.24. The lowest BCUT2D eigenvalue weighted by atomic mass is 10.1. The molecule has 28 heavy (non-hydrogen) atoms. The van der Waals surface area contributed by atoms with Gasteiger partial charge < -0.3 is 20.1 Å². The third-order valence-corrected chi connectivity index (χ3v) is 4.81. The molecule has 1 heterocycles. The van der Waals surface area contributed by atoms with Gasteiger partial charge in [0, 0.05) is 29.4 Å². The van der Waals surface area contributed by atoms with Crippen LogP contribution in [0.1, 0.15) is 13.3 Å². The predicted octanol–water partition coefficient (Wildman–Crippen LogP) is 3.69.